The van der Waals surface area contributed by atoms with Crippen LogP contribution in [0.3, 0.4) is 0 Å². The highest BCUT2D eigenvalue weighted by Gasteiger charge is 2.14. The van der Waals surface area contributed by atoms with Crippen molar-refractivity contribution in [1.29, 1.82) is 0 Å². The van der Waals surface area contributed by atoms with Crippen LogP contribution in [0.1, 0.15) is 26.3 Å². The molecule has 2 N–H and O–H groups in total. The number of carbonyl (C=O) groups excluding carboxylic acids is 2. The van der Waals surface area contributed by atoms with E-state index in [2.05, 4.69) is 10.9 Å². The highest BCUT2D eigenvalue weighted by Crippen LogP contribution is 2.31. The number of rotatable bonds is 5. The maximum absolute atomic E-state index is 12.6. The van der Waals surface area contributed by atoms with Gasteiger partial charge in [0.25, 0.3) is 11.8 Å². The molecule has 3 rings (SSSR count). The zero-order valence-electron chi connectivity index (χ0n) is 16.4. The van der Waals surface area contributed by atoms with Gasteiger partial charge >= 0.3 is 0 Å². The second-order valence-electron chi connectivity index (χ2n) is 6.62. The Bertz CT molecular complexity index is 1170. The second-order valence-corrected chi connectivity index (χ2v) is 9.75. The van der Waals surface area contributed by atoms with Crippen molar-refractivity contribution in [2.24, 2.45) is 0 Å². The van der Waals surface area contributed by atoms with Crippen LogP contribution in [0.15, 0.2) is 87.5 Å². The summed E-state index contributed by atoms with van der Waals surface area (Å²) in [6, 6.07) is 20.4. The molecule has 30 heavy (non-hydrogen) atoms. The molecular formula is C22H20N2O4S2. The van der Waals surface area contributed by atoms with Gasteiger partial charge in [0.15, 0.2) is 9.84 Å². The quantitative estimate of drug-likeness (QED) is 0.591. The summed E-state index contributed by atoms with van der Waals surface area (Å²) in [6.45, 7) is 1.92. The normalized spacial score (nSPS) is 11.0. The molecule has 0 aromatic heterocycles. The van der Waals surface area contributed by atoms with Gasteiger partial charge in [-0.25, -0.2) is 8.42 Å². The fraction of sp³-hybridized carbons (Fsp3) is 0.0909. The van der Waals surface area contributed by atoms with Crippen molar-refractivity contribution in [2.45, 2.75) is 21.6 Å². The Hall–Kier alpha value is -3.10. The first kappa shape index (κ1) is 21.6. The summed E-state index contributed by atoms with van der Waals surface area (Å²) in [5, 5.41) is 0. The largest absolute Gasteiger partial charge is 0.270 e. The smallest absolute Gasteiger partial charge is 0.267 e. The third kappa shape index (κ3) is 5.49. The van der Waals surface area contributed by atoms with Gasteiger partial charge in [0.1, 0.15) is 0 Å². The molecule has 0 heterocycles. The lowest BCUT2D eigenvalue weighted by Gasteiger charge is -2.11. The van der Waals surface area contributed by atoms with E-state index in [1.165, 1.54) is 23.9 Å². The van der Waals surface area contributed by atoms with Crippen molar-refractivity contribution in [3.63, 3.8) is 0 Å². The van der Waals surface area contributed by atoms with Crippen LogP contribution in [-0.4, -0.2) is 26.5 Å². The van der Waals surface area contributed by atoms with Crippen LogP contribution in [-0.2, 0) is 9.84 Å². The SMILES string of the molecule is Cc1ccc(C(=O)NNC(=O)c2ccccc2Sc2ccc(S(C)(=O)=O)cc2)cc1. The van der Waals surface area contributed by atoms with Gasteiger partial charge in [-0.3, -0.25) is 20.4 Å². The van der Waals surface area contributed by atoms with Gasteiger partial charge in [0.05, 0.1) is 10.5 Å². The maximum atomic E-state index is 12.6. The first-order chi connectivity index (χ1) is 14.2. The Labute approximate surface area is 179 Å². The number of hydrazine groups is 1. The fourth-order valence-corrected chi connectivity index (χ4v) is 4.16. The van der Waals surface area contributed by atoms with Crippen molar-refractivity contribution in [2.75, 3.05) is 6.26 Å². The van der Waals surface area contributed by atoms with Gasteiger partial charge < -0.3 is 0 Å². The molecule has 8 heteroatoms. The number of sulfone groups is 1. The van der Waals surface area contributed by atoms with E-state index in [4.69, 9.17) is 0 Å². The van der Waals surface area contributed by atoms with Crippen molar-refractivity contribution in [3.05, 3.63) is 89.5 Å². The van der Waals surface area contributed by atoms with E-state index in [9.17, 15) is 18.0 Å². The van der Waals surface area contributed by atoms with E-state index >= 15 is 0 Å². The lowest BCUT2D eigenvalue weighted by Crippen LogP contribution is -2.41. The van der Waals surface area contributed by atoms with Gasteiger partial charge in [-0.1, -0.05) is 41.6 Å². The van der Waals surface area contributed by atoms with E-state index in [0.717, 1.165) is 16.7 Å². The second kappa shape index (κ2) is 9.15. The molecule has 0 saturated carbocycles. The summed E-state index contributed by atoms with van der Waals surface area (Å²) < 4.78 is 23.2. The number of amides is 2. The molecule has 3 aromatic rings. The van der Waals surface area contributed by atoms with Gasteiger partial charge in [0, 0.05) is 21.6 Å². The number of aryl methyl sites for hydroxylation is 1. The number of hydrogen-bond donors (Lipinski definition) is 2. The van der Waals surface area contributed by atoms with E-state index in [1.807, 2.05) is 19.1 Å². The molecule has 0 radical (unpaired) electrons. The van der Waals surface area contributed by atoms with E-state index in [0.29, 0.717) is 16.0 Å². The highest BCUT2D eigenvalue weighted by molar-refractivity contribution is 7.99. The molecule has 0 unspecified atom stereocenters. The first-order valence-electron chi connectivity index (χ1n) is 8.98. The minimum absolute atomic E-state index is 0.233. The van der Waals surface area contributed by atoms with E-state index in [-0.39, 0.29) is 4.90 Å². The standard InChI is InChI=1S/C22H20N2O4S2/c1-15-7-9-16(10-8-15)21(25)23-24-22(26)19-5-3-4-6-20(19)29-17-11-13-18(14-12-17)30(2,27)28/h3-14H,1-2H3,(H,23,25)(H,24,26). The molecule has 0 bridgehead atoms. The monoisotopic (exact) mass is 440 g/mol. The van der Waals surface area contributed by atoms with Gasteiger partial charge in [0.2, 0.25) is 0 Å². The van der Waals surface area contributed by atoms with Crippen molar-refractivity contribution < 1.29 is 18.0 Å². The predicted molar refractivity (Wildman–Crippen MR) is 116 cm³/mol. The molecule has 0 aliphatic rings. The van der Waals surface area contributed by atoms with Crippen molar-refractivity contribution in [3.8, 4) is 0 Å². The van der Waals surface area contributed by atoms with Gasteiger partial charge in [-0.05, 0) is 55.5 Å². The van der Waals surface area contributed by atoms with Crippen molar-refractivity contribution in [1.82, 2.24) is 10.9 Å². The summed E-state index contributed by atoms with van der Waals surface area (Å²) in [4.78, 5) is 26.5. The zero-order chi connectivity index (χ0) is 21.7. The van der Waals surface area contributed by atoms with E-state index in [1.54, 1.807) is 48.5 Å². The summed E-state index contributed by atoms with van der Waals surface area (Å²) >= 11 is 1.33. The Morgan fingerprint density at radius 2 is 1.40 bits per heavy atom. The summed E-state index contributed by atoms with van der Waals surface area (Å²) in [5.41, 5.74) is 6.71. The number of benzene rings is 3. The molecular weight excluding hydrogens is 420 g/mol. The molecule has 6 nitrogen and oxygen atoms in total. The van der Waals surface area contributed by atoms with E-state index < -0.39 is 21.7 Å². The van der Waals surface area contributed by atoms with Crippen LogP contribution in [0.25, 0.3) is 0 Å². The number of carbonyl (C=O) groups is 2. The van der Waals surface area contributed by atoms with Crippen LogP contribution < -0.4 is 10.9 Å². The molecule has 0 atom stereocenters. The van der Waals surface area contributed by atoms with Gasteiger partial charge in [-0.15, -0.1) is 0 Å². The lowest BCUT2D eigenvalue weighted by atomic mass is 10.1. The minimum atomic E-state index is -3.27. The van der Waals surface area contributed by atoms with Crippen LogP contribution in [0.5, 0.6) is 0 Å². The van der Waals surface area contributed by atoms with Crippen LogP contribution in [0.4, 0.5) is 0 Å². The predicted octanol–water partition coefficient (Wildman–Crippen LogP) is 3.62. The maximum Gasteiger partial charge on any atom is 0.270 e. The Kier molecular flexibility index (Phi) is 6.59. The molecule has 0 aliphatic heterocycles. The summed E-state index contributed by atoms with van der Waals surface area (Å²) in [7, 11) is -3.27. The summed E-state index contributed by atoms with van der Waals surface area (Å²) in [5.74, 6) is -0.865. The summed E-state index contributed by atoms with van der Waals surface area (Å²) in [6.07, 6.45) is 1.15. The van der Waals surface area contributed by atoms with Crippen LogP contribution in [0.2, 0.25) is 0 Å². The van der Waals surface area contributed by atoms with Crippen LogP contribution in [0, 0.1) is 6.92 Å². The molecule has 3 aromatic carbocycles. The van der Waals surface area contributed by atoms with Crippen molar-refractivity contribution >= 4 is 33.4 Å². The average molecular weight is 441 g/mol. The molecule has 0 aliphatic carbocycles. The average Bonchev–Trinajstić information content (AvgIpc) is 2.72. The van der Waals surface area contributed by atoms with Crippen LogP contribution >= 0.6 is 11.8 Å². The molecule has 2 amide bonds. The third-order valence-corrected chi connectivity index (χ3v) is 6.43. The lowest BCUT2D eigenvalue weighted by molar-refractivity contribution is 0.0845. The number of nitrogens with one attached hydrogen (secondary N) is 2. The molecule has 0 spiro atoms. The minimum Gasteiger partial charge on any atom is -0.267 e. The van der Waals surface area contributed by atoms with Gasteiger partial charge in [-0.2, -0.15) is 0 Å². The Balaban J connectivity index is 1.70. The molecule has 0 fully saturated rings. The highest BCUT2D eigenvalue weighted by atomic mass is 32.2. The fourth-order valence-electron chi connectivity index (χ4n) is 2.58. The topological polar surface area (TPSA) is 92.3 Å². The molecule has 0 saturated heterocycles. The Morgan fingerprint density at radius 3 is 2.03 bits per heavy atom. The Morgan fingerprint density at radius 1 is 0.800 bits per heavy atom. The first-order valence-corrected chi connectivity index (χ1v) is 11.7. The molecule has 154 valence electrons. The third-order valence-electron chi connectivity index (χ3n) is 4.21. The zero-order valence-corrected chi connectivity index (χ0v) is 18.0. The number of hydrogen-bond acceptors (Lipinski definition) is 5.